The number of carbonyl (C=O) groups excluding carboxylic acids is 1. The lowest BCUT2D eigenvalue weighted by Gasteiger charge is -2.18. The molecule has 0 aromatic heterocycles. The van der Waals surface area contributed by atoms with E-state index in [1.54, 1.807) is 0 Å². The minimum absolute atomic E-state index is 0.0259. The molecule has 4 nitrogen and oxygen atoms in total. The Morgan fingerprint density at radius 2 is 0.878 bits per heavy atom. The van der Waals surface area contributed by atoms with Crippen LogP contribution in [0.1, 0.15) is 206 Å². The third-order valence-corrected chi connectivity index (χ3v) is 8.24. The molecule has 0 bridgehead atoms. The molecule has 0 aliphatic carbocycles. The van der Waals surface area contributed by atoms with E-state index < -0.39 is 5.97 Å². The number of aliphatic carboxylic acids is 1. The Hall–Kier alpha value is -1.32. The number of ether oxygens (including phenoxy) is 1. The summed E-state index contributed by atoms with van der Waals surface area (Å²) in [5, 5.41) is 8.68. The summed E-state index contributed by atoms with van der Waals surface area (Å²) < 4.78 is 5.97. The smallest absolute Gasteiger partial charge is 0.306 e. The van der Waals surface area contributed by atoms with Gasteiger partial charge in [0.2, 0.25) is 0 Å². The van der Waals surface area contributed by atoms with E-state index in [1.807, 2.05) is 0 Å². The van der Waals surface area contributed by atoms with E-state index in [1.165, 1.54) is 128 Å². The van der Waals surface area contributed by atoms with Gasteiger partial charge in [0, 0.05) is 12.8 Å². The van der Waals surface area contributed by atoms with E-state index in [0.717, 1.165) is 51.4 Å². The molecule has 242 valence electrons. The van der Waals surface area contributed by atoms with Gasteiger partial charge in [-0.3, -0.25) is 9.59 Å². The van der Waals surface area contributed by atoms with Gasteiger partial charge in [-0.1, -0.05) is 142 Å². The molecule has 1 unspecified atom stereocenters. The highest BCUT2D eigenvalue weighted by Crippen LogP contribution is 2.18. The number of carboxylic acids is 1. The number of carbonyl (C=O) groups is 2. The Kier molecular flexibility index (Phi) is 32.1. The second-order valence-corrected chi connectivity index (χ2v) is 12.4. The zero-order valence-corrected chi connectivity index (χ0v) is 27.6. The molecule has 0 spiro atoms. The van der Waals surface area contributed by atoms with Crippen LogP contribution in [-0.2, 0) is 14.3 Å². The summed E-state index contributed by atoms with van der Waals surface area (Å²) >= 11 is 0. The van der Waals surface area contributed by atoms with Gasteiger partial charge in [-0.05, 0) is 64.2 Å². The lowest BCUT2D eigenvalue weighted by molar-refractivity contribution is -0.150. The Morgan fingerprint density at radius 1 is 0.512 bits per heavy atom. The second kappa shape index (κ2) is 33.2. The predicted octanol–water partition coefficient (Wildman–Crippen LogP) is 12.3. The minimum atomic E-state index is -0.675. The molecule has 1 N–H and O–H groups in total. The maximum Gasteiger partial charge on any atom is 0.306 e. The molecule has 0 heterocycles. The van der Waals surface area contributed by atoms with Crippen molar-refractivity contribution in [2.45, 2.75) is 213 Å². The fraction of sp³-hybridized carbons (Fsp3) is 0.892. The summed E-state index contributed by atoms with van der Waals surface area (Å²) in [7, 11) is 0. The van der Waals surface area contributed by atoms with Crippen molar-refractivity contribution in [3.63, 3.8) is 0 Å². The Morgan fingerprint density at radius 3 is 1.34 bits per heavy atom. The molecule has 4 heteroatoms. The van der Waals surface area contributed by atoms with Crippen molar-refractivity contribution >= 4 is 11.9 Å². The van der Waals surface area contributed by atoms with Gasteiger partial charge in [0.25, 0.3) is 0 Å². The van der Waals surface area contributed by atoms with Crippen molar-refractivity contribution in [2.75, 3.05) is 0 Å². The summed E-state index contributed by atoms with van der Waals surface area (Å²) in [6.07, 6.45) is 39.6. The van der Waals surface area contributed by atoms with Crippen LogP contribution in [0.4, 0.5) is 0 Å². The van der Waals surface area contributed by atoms with Crippen LogP contribution in [0.5, 0.6) is 0 Å². The van der Waals surface area contributed by atoms with Gasteiger partial charge < -0.3 is 9.84 Å². The molecule has 0 rings (SSSR count). The van der Waals surface area contributed by atoms with Crippen LogP contribution >= 0.6 is 0 Å². The Balaban J connectivity index is 3.83. The van der Waals surface area contributed by atoms with Crippen molar-refractivity contribution in [3.8, 4) is 0 Å². The van der Waals surface area contributed by atoms with E-state index in [0.29, 0.717) is 12.8 Å². The summed E-state index contributed by atoms with van der Waals surface area (Å²) in [6.45, 7) is 4.50. The topological polar surface area (TPSA) is 63.6 Å². The minimum Gasteiger partial charge on any atom is -0.481 e. The standard InChI is InChI=1S/C37H70O4/c1-3-5-7-9-10-11-12-13-14-15-20-23-26-30-34-37(40)41-35(31-27-8-6-4-2)32-28-24-21-18-16-17-19-22-25-29-33-36(38)39/h11-12,35H,3-10,13-34H2,1-2H3,(H,38,39)/b12-11-. The molecule has 0 fully saturated rings. The zero-order chi connectivity index (χ0) is 30.1. The quantitative estimate of drug-likeness (QED) is 0.0478. The van der Waals surface area contributed by atoms with Crippen LogP contribution in [0, 0.1) is 0 Å². The summed E-state index contributed by atoms with van der Waals surface area (Å²) in [4.78, 5) is 23.1. The first-order valence-electron chi connectivity index (χ1n) is 18.2. The maximum atomic E-state index is 12.5. The van der Waals surface area contributed by atoms with Crippen molar-refractivity contribution < 1.29 is 19.4 Å². The molecule has 0 aliphatic rings. The average Bonchev–Trinajstić information content (AvgIpc) is 2.95. The molecule has 0 aliphatic heterocycles. The van der Waals surface area contributed by atoms with Gasteiger partial charge in [0.1, 0.15) is 6.10 Å². The Labute approximate surface area is 255 Å². The number of esters is 1. The maximum absolute atomic E-state index is 12.5. The average molecular weight is 579 g/mol. The van der Waals surface area contributed by atoms with E-state index in [-0.39, 0.29) is 12.1 Å². The summed E-state index contributed by atoms with van der Waals surface area (Å²) in [5.41, 5.74) is 0. The largest absolute Gasteiger partial charge is 0.481 e. The molecule has 0 aromatic rings. The van der Waals surface area contributed by atoms with Crippen LogP contribution in [0.25, 0.3) is 0 Å². The van der Waals surface area contributed by atoms with E-state index in [4.69, 9.17) is 9.84 Å². The third-order valence-electron chi connectivity index (χ3n) is 8.24. The highest BCUT2D eigenvalue weighted by Gasteiger charge is 2.14. The SMILES string of the molecule is CCCCCC/C=C\CCCCCCCCC(=O)OC(CCCCCC)CCCCCCCCCCCCC(=O)O. The van der Waals surface area contributed by atoms with E-state index in [2.05, 4.69) is 26.0 Å². The van der Waals surface area contributed by atoms with Crippen molar-refractivity contribution in [3.05, 3.63) is 12.2 Å². The number of rotatable bonds is 33. The lowest BCUT2D eigenvalue weighted by Crippen LogP contribution is -2.18. The molecule has 0 saturated carbocycles. The first-order valence-corrected chi connectivity index (χ1v) is 18.2. The molecule has 0 saturated heterocycles. The van der Waals surface area contributed by atoms with Gasteiger partial charge >= 0.3 is 11.9 Å². The first-order chi connectivity index (χ1) is 20.1. The normalized spacial score (nSPS) is 12.2. The van der Waals surface area contributed by atoms with Gasteiger partial charge in [0.05, 0.1) is 0 Å². The molecule has 0 radical (unpaired) electrons. The van der Waals surface area contributed by atoms with Gasteiger partial charge in [-0.25, -0.2) is 0 Å². The van der Waals surface area contributed by atoms with Crippen molar-refractivity contribution in [1.82, 2.24) is 0 Å². The number of hydrogen-bond donors (Lipinski definition) is 1. The summed E-state index contributed by atoms with van der Waals surface area (Å²) in [5.74, 6) is -0.649. The molecule has 0 aromatic carbocycles. The van der Waals surface area contributed by atoms with Crippen LogP contribution in [0.15, 0.2) is 12.2 Å². The second-order valence-electron chi connectivity index (χ2n) is 12.4. The molecule has 1 atom stereocenters. The highest BCUT2D eigenvalue weighted by molar-refractivity contribution is 5.69. The number of unbranched alkanes of at least 4 members (excludes halogenated alkanes) is 22. The van der Waals surface area contributed by atoms with Crippen LogP contribution in [0.2, 0.25) is 0 Å². The van der Waals surface area contributed by atoms with Gasteiger partial charge in [-0.15, -0.1) is 0 Å². The fourth-order valence-electron chi connectivity index (χ4n) is 5.53. The molecule has 0 amide bonds. The fourth-order valence-corrected chi connectivity index (χ4v) is 5.53. The lowest BCUT2D eigenvalue weighted by atomic mass is 10.0. The highest BCUT2D eigenvalue weighted by atomic mass is 16.5. The van der Waals surface area contributed by atoms with Crippen molar-refractivity contribution in [1.29, 1.82) is 0 Å². The molecule has 41 heavy (non-hydrogen) atoms. The Bertz CT molecular complexity index is 585. The van der Waals surface area contributed by atoms with E-state index in [9.17, 15) is 9.59 Å². The number of allylic oxidation sites excluding steroid dienone is 2. The molecular weight excluding hydrogens is 508 g/mol. The zero-order valence-electron chi connectivity index (χ0n) is 27.6. The molecular formula is C37H70O4. The third kappa shape index (κ3) is 33.1. The van der Waals surface area contributed by atoms with Gasteiger partial charge in [-0.2, -0.15) is 0 Å². The van der Waals surface area contributed by atoms with Crippen molar-refractivity contribution in [2.24, 2.45) is 0 Å². The number of hydrogen-bond acceptors (Lipinski definition) is 3. The predicted molar refractivity (Wildman–Crippen MR) is 177 cm³/mol. The van der Waals surface area contributed by atoms with Crippen LogP contribution in [-0.4, -0.2) is 23.1 Å². The first kappa shape index (κ1) is 39.7. The van der Waals surface area contributed by atoms with Gasteiger partial charge in [0.15, 0.2) is 0 Å². The van der Waals surface area contributed by atoms with Crippen LogP contribution < -0.4 is 0 Å². The van der Waals surface area contributed by atoms with Crippen LogP contribution in [0.3, 0.4) is 0 Å². The summed E-state index contributed by atoms with van der Waals surface area (Å²) in [6, 6.07) is 0. The van der Waals surface area contributed by atoms with E-state index >= 15 is 0 Å². The monoisotopic (exact) mass is 579 g/mol. The number of carboxylic acid groups (broad SMARTS) is 1.